The quantitative estimate of drug-likeness (QED) is 0.421. The lowest BCUT2D eigenvalue weighted by atomic mass is 10.1. The largest absolute Gasteiger partial charge is 0.459 e. The molecular weight excluding hydrogens is 336 g/mol. The second-order valence-corrected chi connectivity index (χ2v) is 5.51. The van der Waals surface area contributed by atoms with Crippen LogP contribution in [0.1, 0.15) is 25.0 Å². The Labute approximate surface area is 154 Å². The van der Waals surface area contributed by atoms with Crippen LogP contribution in [0.2, 0.25) is 0 Å². The van der Waals surface area contributed by atoms with Crippen molar-refractivity contribution in [3.05, 3.63) is 60.7 Å². The molecule has 6 nitrogen and oxygen atoms in total. The van der Waals surface area contributed by atoms with Gasteiger partial charge >= 0.3 is 11.9 Å². The Morgan fingerprint density at radius 2 is 1.27 bits per heavy atom. The van der Waals surface area contributed by atoms with Crippen molar-refractivity contribution in [3.63, 3.8) is 0 Å². The first-order valence-corrected chi connectivity index (χ1v) is 8.34. The first kappa shape index (κ1) is 21.6. The van der Waals surface area contributed by atoms with Gasteiger partial charge in [0.15, 0.2) is 12.2 Å². The van der Waals surface area contributed by atoms with E-state index in [-0.39, 0.29) is 26.4 Å². The van der Waals surface area contributed by atoms with E-state index in [9.17, 15) is 9.59 Å². The molecule has 0 amide bonds. The molecule has 2 atom stereocenters. The van der Waals surface area contributed by atoms with Crippen molar-refractivity contribution in [2.75, 3.05) is 13.2 Å². The van der Waals surface area contributed by atoms with Gasteiger partial charge in [0.1, 0.15) is 13.2 Å². The molecule has 2 unspecified atom stereocenters. The SMILES string of the molecule is C=CCOC(C)C(=O)OCc1ccccc1COC(=O)C(C)OCC=C. The van der Waals surface area contributed by atoms with E-state index in [1.54, 1.807) is 26.0 Å². The zero-order chi connectivity index (χ0) is 19.4. The molecular formula is C20H26O6. The third-order valence-electron chi connectivity index (χ3n) is 3.45. The highest BCUT2D eigenvalue weighted by Crippen LogP contribution is 2.13. The fourth-order valence-electron chi connectivity index (χ4n) is 1.93. The molecule has 0 aromatic heterocycles. The van der Waals surface area contributed by atoms with E-state index in [0.717, 1.165) is 11.1 Å². The fraction of sp³-hybridized carbons (Fsp3) is 0.400. The summed E-state index contributed by atoms with van der Waals surface area (Å²) in [6, 6.07) is 7.26. The van der Waals surface area contributed by atoms with Crippen molar-refractivity contribution in [2.45, 2.75) is 39.3 Å². The third-order valence-corrected chi connectivity index (χ3v) is 3.45. The fourth-order valence-corrected chi connectivity index (χ4v) is 1.93. The summed E-state index contributed by atoms with van der Waals surface area (Å²) < 4.78 is 21.0. The summed E-state index contributed by atoms with van der Waals surface area (Å²) in [4.78, 5) is 23.8. The van der Waals surface area contributed by atoms with Crippen molar-refractivity contribution in [3.8, 4) is 0 Å². The summed E-state index contributed by atoms with van der Waals surface area (Å²) in [6.07, 6.45) is 1.77. The van der Waals surface area contributed by atoms with Crippen molar-refractivity contribution < 1.29 is 28.5 Å². The lowest BCUT2D eigenvalue weighted by molar-refractivity contribution is -0.158. The van der Waals surface area contributed by atoms with Crippen molar-refractivity contribution in [2.24, 2.45) is 0 Å². The molecule has 1 aromatic rings. The number of carbonyl (C=O) groups is 2. The Balaban J connectivity index is 2.56. The van der Waals surface area contributed by atoms with Crippen LogP contribution in [-0.2, 0) is 41.8 Å². The van der Waals surface area contributed by atoms with E-state index in [2.05, 4.69) is 13.2 Å². The number of ether oxygens (including phenoxy) is 4. The highest BCUT2D eigenvalue weighted by atomic mass is 16.6. The zero-order valence-corrected chi connectivity index (χ0v) is 15.3. The average molecular weight is 362 g/mol. The predicted octanol–water partition coefficient (Wildman–Crippen LogP) is 2.96. The van der Waals surface area contributed by atoms with Gasteiger partial charge < -0.3 is 18.9 Å². The first-order valence-electron chi connectivity index (χ1n) is 8.34. The molecule has 6 heteroatoms. The van der Waals surface area contributed by atoms with E-state index >= 15 is 0 Å². The summed E-state index contributed by atoms with van der Waals surface area (Å²) in [7, 11) is 0. The van der Waals surface area contributed by atoms with Crippen LogP contribution in [0.15, 0.2) is 49.6 Å². The molecule has 142 valence electrons. The molecule has 0 aliphatic rings. The maximum atomic E-state index is 11.9. The molecule has 0 saturated carbocycles. The van der Waals surface area contributed by atoms with E-state index in [1.807, 2.05) is 24.3 Å². The minimum Gasteiger partial charge on any atom is -0.459 e. The van der Waals surface area contributed by atoms with Gasteiger partial charge in [-0.15, -0.1) is 13.2 Å². The Hall–Kier alpha value is -2.44. The molecule has 0 spiro atoms. The molecule has 0 aliphatic heterocycles. The van der Waals surface area contributed by atoms with E-state index in [0.29, 0.717) is 0 Å². The van der Waals surface area contributed by atoms with E-state index < -0.39 is 24.1 Å². The topological polar surface area (TPSA) is 71.1 Å². The highest BCUT2D eigenvalue weighted by molar-refractivity contribution is 5.74. The van der Waals surface area contributed by atoms with Gasteiger partial charge in [-0.2, -0.15) is 0 Å². The van der Waals surface area contributed by atoms with Crippen molar-refractivity contribution >= 4 is 11.9 Å². The molecule has 0 N–H and O–H groups in total. The van der Waals surface area contributed by atoms with E-state index in [4.69, 9.17) is 18.9 Å². The molecule has 0 heterocycles. The number of hydrogen-bond acceptors (Lipinski definition) is 6. The second kappa shape index (κ2) is 12.0. The number of esters is 2. The minimum atomic E-state index is -0.680. The normalized spacial score (nSPS) is 12.7. The molecule has 1 rings (SSSR count). The molecule has 0 saturated heterocycles. The van der Waals surface area contributed by atoms with Crippen LogP contribution >= 0.6 is 0 Å². The Morgan fingerprint density at radius 1 is 0.885 bits per heavy atom. The average Bonchev–Trinajstić information content (AvgIpc) is 2.66. The van der Waals surface area contributed by atoms with Gasteiger partial charge in [0, 0.05) is 0 Å². The van der Waals surface area contributed by atoms with Crippen LogP contribution in [0.3, 0.4) is 0 Å². The van der Waals surface area contributed by atoms with Gasteiger partial charge in [-0.05, 0) is 25.0 Å². The van der Waals surface area contributed by atoms with Gasteiger partial charge in [0.05, 0.1) is 13.2 Å². The van der Waals surface area contributed by atoms with Gasteiger partial charge in [0.25, 0.3) is 0 Å². The lowest BCUT2D eigenvalue weighted by Crippen LogP contribution is -2.24. The van der Waals surface area contributed by atoms with Gasteiger partial charge in [-0.3, -0.25) is 0 Å². The van der Waals surface area contributed by atoms with Crippen LogP contribution in [0.5, 0.6) is 0 Å². The highest BCUT2D eigenvalue weighted by Gasteiger charge is 2.17. The van der Waals surface area contributed by atoms with E-state index in [1.165, 1.54) is 0 Å². The summed E-state index contributed by atoms with van der Waals surface area (Å²) >= 11 is 0. The maximum Gasteiger partial charge on any atom is 0.335 e. The van der Waals surface area contributed by atoms with Gasteiger partial charge in [0.2, 0.25) is 0 Å². The molecule has 0 radical (unpaired) electrons. The van der Waals surface area contributed by atoms with Gasteiger partial charge in [-0.1, -0.05) is 36.4 Å². The molecule has 0 aliphatic carbocycles. The Morgan fingerprint density at radius 3 is 1.62 bits per heavy atom. The standard InChI is InChI=1S/C20H26O6/c1-5-11-23-15(3)19(21)25-13-17-9-7-8-10-18(17)14-26-20(22)16(4)24-12-6-2/h5-10,15-16H,1-2,11-14H2,3-4H3. The molecule has 26 heavy (non-hydrogen) atoms. The van der Waals surface area contributed by atoms with Crippen LogP contribution < -0.4 is 0 Å². The van der Waals surface area contributed by atoms with Crippen LogP contribution in [-0.4, -0.2) is 37.4 Å². The minimum absolute atomic E-state index is 0.0663. The third kappa shape index (κ3) is 7.63. The molecule has 1 aromatic carbocycles. The van der Waals surface area contributed by atoms with Crippen LogP contribution in [0, 0.1) is 0 Å². The van der Waals surface area contributed by atoms with Crippen LogP contribution in [0.25, 0.3) is 0 Å². The zero-order valence-electron chi connectivity index (χ0n) is 15.3. The molecule has 0 bridgehead atoms. The van der Waals surface area contributed by atoms with Crippen LogP contribution in [0.4, 0.5) is 0 Å². The monoisotopic (exact) mass is 362 g/mol. The second-order valence-electron chi connectivity index (χ2n) is 5.51. The summed E-state index contributed by atoms with van der Waals surface area (Å²) in [6.45, 7) is 11.0. The summed E-state index contributed by atoms with van der Waals surface area (Å²) in [5.41, 5.74) is 1.51. The lowest BCUT2D eigenvalue weighted by Gasteiger charge is -2.15. The van der Waals surface area contributed by atoms with Crippen molar-refractivity contribution in [1.82, 2.24) is 0 Å². The Bertz CT molecular complexity index is 557. The summed E-state index contributed by atoms with van der Waals surface area (Å²) in [5, 5.41) is 0. The number of hydrogen-bond donors (Lipinski definition) is 0. The predicted molar refractivity (Wildman–Crippen MR) is 97.3 cm³/mol. The van der Waals surface area contributed by atoms with Gasteiger partial charge in [-0.25, -0.2) is 9.59 Å². The smallest absolute Gasteiger partial charge is 0.335 e. The van der Waals surface area contributed by atoms with Crippen molar-refractivity contribution in [1.29, 1.82) is 0 Å². The number of rotatable bonds is 12. The summed E-state index contributed by atoms with van der Waals surface area (Å²) in [5.74, 6) is -0.935. The molecule has 0 fully saturated rings. The first-order chi connectivity index (χ1) is 12.5. The number of benzene rings is 1. The number of carbonyl (C=O) groups excluding carboxylic acids is 2. The maximum absolute atomic E-state index is 11.9. The Kier molecular flexibility index (Phi) is 9.97.